The fourth-order valence-electron chi connectivity index (χ4n) is 10.9. The first-order valence-electron chi connectivity index (χ1n) is 14.1. The van der Waals surface area contributed by atoms with Crippen LogP contribution in [0.15, 0.2) is 11.1 Å². The van der Waals surface area contributed by atoms with E-state index in [1.807, 2.05) is 0 Å². The second-order valence-electron chi connectivity index (χ2n) is 14.6. The number of hydrogen-bond donors (Lipinski definition) is 3. The molecule has 0 radical (unpaired) electrons. The summed E-state index contributed by atoms with van der Waals surface area (Å²) in [5.41, 5.74) is 1.67. The second-order valence-corrected chi connectivity index (χ2v) is 14.6. The van der Waals surface area contributed by atoms with Gasteiger partial charge in [-0.3, -0.25) is 4.79 Å². The number of aliphatic hydroxyl groups is 1. The van der Waals surface area contributed by atoms with Gasteiger partial charge in [0.1, 0.15) is 0 Å². The molecule has 0 aromatic heterocycles. The Kier molecular flexibility index (Phi) is 5.48. The number of carboxylic acid groups (broad SMARTS) is 1. The van der Waals surface area contributed by atoms with Crippen LogP contribution < -0.4 is 5.32 Å². The number of carbonyl (C=O) groups excluding carboxylic acids is 1. The third-order valence-electron chi connectivity index (χ3n) is 12.8. The normalized spacial score (nSPS) is 48.7. The van der Waals surface area contributed by atoms with Crippen LogP contribution in [0.25, 0.3) is 0 Å². The van der Waals surface area contributed by atoms with E-state index in [1.165, 1.54) is 0 Å². The van der Waals surface area contributed by atoms with E-state index in [0.717, 1.165) is 62.5 Å². The molecule has 0 saturated heterocycles. The highest BCUT2D eigenvalue weighted by Gasteiger charge is 2.70. The fraction of sp³-hybridized carbons (Fsp3) is 0.867. The van der Waals surface area contributed by atoms with Gasteiger partial charge >= 0.3 is 6.09 Å². The zero-order chi connectivity index (χ0) is 25.8. The minimum Gasteiger partial charge on any atom is -0.465 e. The third-order valence-corrected chi connectivity index (χ3v) is 12.8. The summed E-state index contributed by atoms with van der Waals surface area (Å²) < 4.78 is 0. The average molecular weight is 486 g/mol. The molecule has 5 nitrogen and oxygen atoms in total. The van der Waals surface area contributed by atoms with Crippen molar-refractivity contribution < 1.29 is 19.8 Å². The van der Waals surface area contributed by atoms with E-state index in [2.05, 4.69) is 53.8 Å². The van der Waals surface area contributed by atoms with E-state index >= 15 is 0 Å². The van der Waals surface area contributed by atoms with Crippen LogP contribution in [0.2, 0.25) is 0 Å². The lowest BCUT2D eigenvalue weighted by Crippen LogP contribution is -2.67. The Morgan fingerprint density at radius 3 is 2.23 bits per heavy atom. The number of rotatable bonds is 2. The van der Waals surface area contributed by atoms with E-state index in [1.54, 1.807) is 0 Å². The summed E-state index contributed by atoms with van der Waals surface area (Å²) in [6.45, 7) is 16.3. The Morgan fingerprint density at radius 1 is 0.914 bits per heavy atom. The molecule has 0 aliphatic heterocycles. The quantitative estimate of drug-likeness (QED) is 0.425. The first-order chi connectivity index (χ1) is 16.1. The van der Waals surface area contributed by atoms with Crippen molar-refractivity contribution in [3.05, 3.63) is 11.1 Å². The molecule has 1 amide bonds. The maximum atomic E-state index is 13.3. The van der Waals surface area contributed by atoms with Gasteiger partial charge in [0.2, 0.25) is 0 Å². The first kappa shape index (κ1) is 25.3. The topological polar surface area (TPSA) is 86.6 Å². The molecule has 196 valence electrons. The predicted molar refractivity (Wildman–Crippen MR) is 137 cm³/mol. The molecule has 0 spiro atoms. The van der Waals surface area contributed by atoms with Gasteiger partial charge in [0.05, 0.1) is 11.6 Å². The Hall–Kier alpha value is -1.36. The van der Waals surface area contributed by atoms with Crippen molar-refractivity contribution in [2.45, 2.75) is 118 Å². The van der Waals surface area contributed by atoms with Crippen molar-refractivity contribution in [3.8, 4) is 0 Å². The van der Waals surface area contributed by atoms with Crippen LogP contribution in [0, 0.1) is 45.3 Å². The number of aliphatic hydroxyl groups excluding tert-OH is 1. The van der Waals surface area contributed by atoms with Gasteiger partial charge in [-0.1, -0.05) is 48.5 Å². The molecule has 5 rings (SSSR count). The van der Waals surface area contributed by atoms with Gasteiger partial charge in [-0.25, -0.2) is 4.79 Å². The smallest absolute Gasteiger partial charge is 0.405 e. The number of hydrogen-bond acceptors (Lipinski definition) is 3. The second kappa shape index (κ2) is 7.58. The Labute approximate surface area is 211 Å². The van der Waals surface area contributed by atoms with E-state index in [0.29, 0.717) is 18.3 Å². The van der Waals surface area contributed by atoms with Gasteiger partial charge in [-0.15, -0.1) is 0 Å². The van der Waals surface area contributed by atoms with Crippen LogP contribution in [-0.2, 0) is 4.79 Å². The van der Waals surface area contributed by atoms with Crippen LogP contribution in [0.4, 0.5) is 4.79 Å². The maximum Gasteiger partial charge on any atom is 0.405 e. The number of fused-ring (bicyclic) bond motifs is 7. The first-order valence-corrected chi connectivity index (χ1v) is 14.1. The van der Waals surface area contributed by atoms with Crippen LogP contribution >= 0.6 is 0 Å². The Balaban J connectivity index is 1.61. The fourth-order valence-corrected chi connectivity index (χ4v) is 10.9. The van der Waals surface area contributed by atoms with Crippen molar-refractivity contribution in [1.29, 1.82) is 0 Å². The summed E-state index contributed by atoms with van der Waals surface area (Å²) in [5.74, 6) is 1.61. The van der Waals surface area contributed by atoms with Crippen molar-refractivity contribution >= 4 is 11.9 Å². The molecule has 5 aliphatic carbocycles. The molecule has 0 aromatic rings. The molecule has 4 saturated carbocycles. The van der Waals surface area contributed by atoms with Crippen LogP contribution in [0.1, 0.15) is 106 Å². The highest BCUT2D eigenvalue weighted by molar-refractivity contribution is 6.02. The Morgan fingerprint density at radius 2 is 1.60 bits per heavy atom. The molecule has 5 heteroatoms. The van der Waals surface area contributed by atoms with E-state index in [9.17, 15) is 19.8 Å². The van der Waals surface area contributed by atoms with Crippen molar-refractivity contribution in [2.75, 3.05) is 0 Å². The summed E-state index contributed by atoms with van der Waals surface area (Å²) >= 11 is 0. The highest BCUT2D eigenvalue weighted by Crippen LogP contribution is 2.75. The number of Topliss-reactive ketones (excluding diaryl/α,β-unsaturated/α-hetero) is 1. The summed E-state index contributed by atoms with van der Waals surface area (Å²) in [5, 5.41) is 23.6. The minimum absolute atomic E-state index is 0.0356. The predicted octanol–water partition coefficient (Wildman–Crippen LogP) is 6.35. The molecule has 3 N–H and O–H groups in total. The summed E-state index contributed by atoms with van der Waals surface area (Å²) in [7, 11) is 0. The molecule has 0 aromatic carbocycles. The number of amides is 1. The molecule has 5 aliphatic rings. The monoisotopic (exact) mass is 485 g/mol. The lowest BCUT2D eigenvalue weighted by atomic mass is 9.33. The number of ketones is 1. The van der Waals surface area contributed by atoms with Crippen LogP contribution in [-0.4, -0.2) is 33.7 Å². The maximum absolute atomic E-state index is 13.3. The molecular formula is C30H47NO4. The zero-order valence-electron chi connectivity index (χ0n) is 23.0. The van der Waals surface area contributed by atoms with Gasteiger partial charge < -0.3 is 15.5 Å². The number of allylic oxidation sites excluding steroid dienone is 1. The summed E-state index contributed by atoms with van der Waals surface area (Å²) in [6.07, 6.45) is 7.16. The summed E-state index contributed by atoms with van der Waals surface area (Å²) in [4.78, 5) is 25.3. The lowest BCUT2D eigenvalue weighted by molar-refractivity contribution is -0.226. The Bertz CT molecular complexity index is 983. The van der Waals surface area contributed by atoms with E-state index < -0.39 is 11.6 Å². The van der Waals surface area contributed by atoms with Crippen LogP contribution in [0.3, 0.4) is 0 Å². The molecular weight excluding hydrogens is 438 g/mol. The number of nitrogens with one attached hydrogen (secondary N) is 1. The van der Waals surface area contributed by atoms with Crippen molar-refractivity contribution in [3.63, 3.8) is 0 Å². The molecule has 8 atom stereocenters. The van der Waals surface area contributed by atoms with Crippen LogP contribution in [0.5, 0.6) is 0 Å². The van der Waals surface area contributed by atoms with Gasteiger partial charge in [0.15, 0.2) is 5.78 Å². The highest BCUT2D eigenvalue weighted by atomic mass is 16.4. The molecule has 0 unspecified atom stereocenters. The standard InChI is InChI=1S/C30H47NO4/c1-17(2)23-19(32)16-30(31-25(34)35)15-14-28(6)18(24(23)30)8-9-21-27(5)12-11-22(33)26(3,4)20(27)10-13-29(21,28)7/h17-18,20-22,31,33H,8-16H2,1-7H3,(H,34,35)/t18-,20+,21-,22+,27+,28-,29-,30-/m1/s1. The lowest BCUT2D eigenvalue weighted by Gasteiger charge is -2.72. The zero-order valence-corrected chi connectivity index (χ0v) is 23.0. The molecule has 0 bridgehead atoms. The van der Waals surface area contributed by atoms with E-state index in [-0.39, 0.29) is 45.4 Å². The molecule has 35 heavy (non-hydrogen) atoms. The third kappa shape index (κ3) is 3.09. The molecule has 0 heterocycles. The van der Waals surface area contributed by atoms with Gasteiger partial charge in [0.25, 0.3) is 0 Å². The molecule has 4 fully saturated rings. The summed E-state index contributed by atoms with van der Waals surface area (Å²) in [6, 6.07) is 0. The largest absolute Gasteiger partial charge is 0.465 e. The number of carbonyl (C=O) groups is 2. The van der Waals surface area contributed by atoms with Gasteiger partial charge in [-0.05, 0) is 108 Å². The average Bonchev–Trinajstić information content (AvgIpc) is 3.03. The van der Waals surface area contributed by atoms with Gasteiger partial charge in [0, 0.05) is 6.42 Å². The SMILES string of the molecule is CC(C)C1=C2[C@H]3CC[C@@H]4[C@@]5(C)CC[C@H](O)C(C)(C)[C@@H]5CC[C@@]4(C)[C@]3(C)CC[C@@]2(NC(=O)O)CC1=O. The van der Waals surface area contributed by atoms with Crippen molar-refractivity contribution in [2.24, 2.45) is 45.3 Å². The van der Waals surface area contributed by atoms with E-state index in [4.69, 9.17) is 0 Å². The van der Waals surface area contributed by atoms with Crippen molar-refractivity contribution in [1.82, 2.24) is 5.32 Å². The minimum atomic E-state index is -1.01. The van der Waals surface area contributed by atoms with Gasteiger partial charge in [-0.2, -0.15) is 0 Å².